The smallest absolute Gasteiger partial charge is 0.257 e. The Labute approximate surface area is 122 Å². The SMILES string of the molecule is CCC1COCCN1c1cc2c(cc1Cl)C(O)C(=O)N2. The molecule has 1 fully saturated rings. The molecule has 1 saturated heterocycles. The Morgan fingerprint density at radius 2 is 2.35 bits per heavy atom. The first kappa shape index (κ1) is 13.7. The van der Waals surface area contributed by atoms with E-state index >= 15 is 0 Å². The fraction of sp³-hybridized carbons (Fsp3) is 0.500. The van der Waals surface area contributed by atoms with Gasteiger partial charge in [0.2, 0.25) is 0 Å². The molecule has 2 atom stereocenters. The minimum absolute atomic E-state index is 0.279. The van der Waals surface area contributed by atoms with E-state index in [4.69, 9.17) is 16.3 Å². The molecule has 2 N–H and O–H groups in total. The summed E-state index contributed by atoms with van der Waals surface area (Å²) >= 11 is 6.34. The summed E-state index contributed by atoms with van der Waals surface area (Å²) in [5.41, 5.74) is 2.07. The van der Waals surface area contributed by atoms with Crippen molar-refractivity contribution >= 4 is 28.9 Å². The summed E-state index contributed by atoms with van der Waals surface area (Å²) in [4.78, 5) is 13.7. The van der Waals surface area contributed by atoms with E-state index in [1.807, 2.05) is 6.07 Å². The van der Waals surface area contributed by atoms with E-state index in [2.05, 4.69) is 17.1 Å². The number of aliphatic hydroxyl groups is 1. The zero-order valence-corrected chi connectivity index (χ0v) is 12.0. The molecule has 0 aromatic heterocycles. The molecule has 3 rings (SSSR count). The Bertz CT molecular complexity index is 549. The maximum Gasteiger partial charge on any atom is 0.257 e. The van der Waals surface area contributed by atoms with Crippen LogP contribution in [0.5, 0.6) is 0 Å². The highest BCUT2D eigenvalue weighted by Gasteiger charge is 2.31. The van der Waals surface area contributed by atoms with Crippen LogP contribution in [0.3, 0.4) is 0 Å². The average molecular weight is 297 g/mol. The van der Waals surface area contributed by atoms with Gasteiger partial charge in [0.25, 0.3) is 5.91 Å². The molecule has 20 heavy (non-hydrogen) atoms. The second-order valence-corrected chi connectivity index (χ2v) is 5.52. The van der Waals surface area contributed by atoms with Crippen molar-refractivity contribution in [1.29, 1.82) is 0 Å². The average Bonchev–Trinajstić information content (AvgIpc) is 2.73. The van der Waals surface area contributed by atoms with Crippen LogP contribution in [0.15, 0.2) is 12.1 Å². The standard InChI is InChI=1S/C14H17ClN2O3/c1-2-8-7-20-4-3-17(8)12-6-11-9(5-10(12)15)13(18)14(19)16-11/h5-6,8,13,18H,2-4,7H2,1H3,(H,16,19). The van der Waals surface area contributed by atoms with Gasteiger partial charge in [-0.3, -0.25) is 4.79 Å². The number of benzene rings is 1. The number of halogens is 1. The highest BCUT2D eigenvalue weighted by Crippen LogP contribution is 2.39. The van der Waals surface area contributed by atoms with Gasteiger partial charge in [-0.15, -0.1) is 0 Å². The van der Waals surface area contributed by atoms with E-state index < -0.39 is 12.0 Å². The van der Waals surface area contributed by atoms with Crippen molar-refractivity contribution < 1.29 is 14.6 Å². The summed E-state index contributed by atoms with van der Waals surface area (Å²) in [5.74, 6) is -0.401. The molecule has 1 aromatic rings. The number of hydrogen-bond donors (Lipinski definition) is 2. The molecule has 108 valence electrons. The molecule has 2 heterocycles. The summed E-state index contributed by atoms with van der Waals surface area (Å²) in [7, 11) is 0. The molecule has 2 aliphatic heterocycles. The lowest BCUT2D eigenvalue weighted by atomic mass is 10.1. The van der Waals surface area contributed by atoms with E-state index in [0.717, 1.165) is 18.7 Å². The Morgan fingerprint density at radius 1 is 1.55 bits per heavy atom. The van der Waals surface area contributed by atoms with Crippen LogP contribution < -0.4 is 10.2 Å². The van der Waals surface area contributed by atoms with Gasteiger partial charge in [0.1, 0.15) is 0 Å². The predicted octanol–water partition coefficient (Wildman–Crippen LogP) is 1.94. The maximum atomic E-state index is 11.5. The third-order valence-electron chi connectivity index (χ3n) is 3.93. The number of carbonyl (C=O) groups is 1. The quantitative estimate of drug-likeness (QED) is 0.875. The van der Waals surface area contributed by atoms with Crippen LogP contribution in [0.25, 0.3) is 0 Å². The molecular formula is C14H17ClN2O3. The molecule has 0 spiro atoms. The summed E-state index contributed by atoms with van der Waals surface area (Å²) in [6.45, 7) is 4.23. The number of nitrogens with zero attached hydrogens (tertiary/aromatic N) is 1. The number of nitrogens with one attached hydrogen (secondary N) is 1. The number of morpholine rings is 1. The molecule has 5 nitrogen and oxygen atoms in total. The van der Waals surface area contributed by atoms with Gasteiger partial charge in [0, 0.05) is 17.8 Å². The van der Waals surface area contributed by atoms with E-state index in [0.29, 0.717) is 29.5 Å². The molecule has 1 amide bonds. The van der Waals surface area contributed by atoms with Crippen molar-refractivity contribution in [1.82, 2.24) is 0 Å². The number of fused-ring (bicyclic) bond motifs is 1. The van der Waals surface area contributed by atoms with Gasteiger partial charge in [-0.1, -0.05) is 18.5 Å². The minimum Gasteiger partial charge on any atom is -0.378 e. The Balaban J connectivity index is 1.99. The van der Waals surface area contributed by atoms with Gasteiger partial charge in [0.15, 0.2) is 6.10 Å². The van der Waals surface area contributed by atoms with Crippen LogP contribution in [0.2, 0.25) is 5.02 Å². The minimum atomic E-state index is -1.12. The third kappa shape index (κ3) is 2.16. The van der Waals surface area contributed by atoms with E-state index in [-0.39, 0.29) is 6.04 Å². The Kier molecular flexibility index (Phi) is 3.58. The van der Waals surface area contributed by atoms with E-state index in [1.54, 1.807) is 6.07 Å². The number of carbonyl (C=O) groups excluding carboxylic acids is 1. The first-order chi connectivity index (χ1) is 9.61. The number of ether oxygens (including phenoxy) is 1. The van der Waals surface area contributed by atoms with Gasteiger partial charge in [0.05, 0.1) is 30.0 Å². The topological polar surface area (TPSA) is 61.8 Å². The van der Waals surface area contributed by atoms with Crippen molar-refractivity contribution in [3.8, 4) is 0 Å². The van der Waals surface area contributed by atoms with E-state index in [9.17, 15) is 9.90 Å². The molecule has 0 aliphatic carbocycles. The van der Waals surface area contributed by atoms with Crippen molar-refractivity contribution in [3.63, 3.8) is 0 Å². The van der Waals surface area contributed by atoms with Crippen molar-refractivity contribution in [2.75, 3.05) is 30.0 Å². The molecule has 2 unspecified atom stereocenters. The van der Waals surface area contributed by atoms with Crippen molar-refractivity contribution in [3.05, 3.63) is 22.7 Å². The predicted molar refractivity (Wildman–Crippen MR) is 77.3 cm³/mol. The summed E-state index contributed by atoms with van der Waals surface area (Å²) in [6.07, 6.45) is -0.161. The first-order valence-corrected chi connectivity index (χ1v) is 7.16. The third-order valence-corrected chi connectivity index (χ3v) is 4.23. The second-order valence-electron chi connectivity index (χ2n) is 5.11. The van der Waals surface area contributed by atoms with E-state index in [1.165, 1.54) is 0 Å². The van der Waals surface area contributed by atoms with Gasteiger partial charge in [-0.05, 0) is 18.6 Å². The second kappa shape index (κ2) is 5.24. The van der Waals surface area contributed by atoms with Crippen LogP contribution in [0.4, 0.5) is 11.4 Å². The lowest BCUT2D eigenvalue weighted by molar-refractivity contribution is -0.123. The molecule has 6 heteroatoms. The Hall–Kier alpha value is -1.30. The number of aliphatic hydroxyl groups excluding tert-OH is 1. The number of rotatable bonds is 2. The van der Waals surface area contributed by atoms with Gasteiger partial charge >= 0.3 is 0 Å². The van der Waals surface area contributed by atoms with Crippen LogP contribution in [0.1, 0.15) is 25.0 Å². The summed E-state index contributed by atoms with van der Waals surface area (Å²) < 4.78 is 5.50. The first-order valence-electron chi connectivity index (χ1n) is 6.78. The van der Waals surface area contributed by atoms with Gasteiger partial charge in [-0.25, -0.2) is 0 Å². The van der Waals surface area contributed by atoms with Crippen LogP contribution in [0, 0.1) is 0 Å². The van der Waals surface area contributed by atoms with Crippen molar-refractivity contribution in [2.24, 2.45) is 0 Å². The van der Waals surface area contributed by atoms with Gasteiger partial charge in [-0.2, -0.15) is 0 Å². The number of hydrogen-bond acceptors (Lipinski definition) is 4. The van der Waals surface area contributed by atoms with Crippen LogP contribution in [-0.2, 0) is 9.53 Å². The summed E-state index contributed by atoms with van der Waals surface area (Å²) in [5, 5.41) is 13.0. The molecule has 0 radical (unpaired) electrons. The fourth-order valence-corrected chi connectivity index (χ4v) is 3.06. The van der Waals surface area contributed by atoms with Crippen LogP contribution in [-0.4, -0.2) is 36.8 Å². The normalized spacial score (nSPS) is 25.6. The molecule has 0 saturated carbocycles. The number of amides is 1. The Morgan fingerprint density at radius 3 is 3.10 bits per heavy atom. The maximum absolute atomic E-state index is 11.5. The summed E-state index contributed by atoms with van der Waals surface area (Å²) in [6, 6.07) is 3.80. The van der Waals surface area contributed by atoms with Gasteiger partial charge < -0.3 is 20.1 Å². The molecule has 0 bridgehead atoms. The number of anilines is 2. The highest BCUT2D eigenvalue weighted by molar-refractivity contribution is 6.33. The fourth-order valence-electron chi connectivity index (χ4n) is 2.78. The largest absolute Gasteiger partial charge is 0.378 e. The van der Waals surface area contributed by atoms with Crippen molar-refractivity contribution in [2.45, 2.75) is 25.5 Å². The highest BCUT2D eigenvalue weighted by atomic mass is 35.5. The molecular weight excluding hydrogens is 280 g/mol. The zero-order valence-electron chi connectivity index (χ0n) is 11.2. The molecule has 1 aromatic carbocycles. The monoisotopic (exact) mass is 296 g/mol. The van der Waals surface area contributed by atoms with Crippen LogP contribution >= 0.6 is 11.6 Å². The zero-order chi connectivity index (χ0) is 14.3. The lowest BCUT2D eigenvalue weighted by Gasteiger charge is -2.37. The lowest BCUT2D eigenvalue weighted by Crippen LogP contribution is -2.45. The molecule has 2 aliphatic rings.